The van der Waals surface area contributed by atoms with Crippen LogP contribution >= 0.6 is 0 Å². The third-order valence-corrected chi connectivity index (χ3v) is 10.0. The molecule has 0 fully saturated rings. The van der Waals surface area contributed by atoms with E-state index < -0.39 is 8.80 Å². The Kier molecular flexibility index (Phi) is 24.4. The van der Waals surface area contributed by atoms with Gasteiger partial charge in [-0.05, 0) is 27.2 Å². The van der Waals surface area contributed by atoms with Crippen molar-refractivity contribution in [1.82, 2.24) is 5.43 Å². The van der Waals surface area contributed by atoms with Gasteiger partial charge in [-0.2, -0.15) is 5.43 Å². The van der Waals surface area contributed by atoms with E-state index in [1.165, 1.54) is 103 Å². The first kappa shape index (κ1) is 35.0. The lowest BCUT2D eigenvalue weighted by Crippen LogP contribution is -2.53. The van der Waals surface area contributed by atoms with Gasteiger partial charge in [-0.3, -0.25) is 4.59 Å². The first-order valence-electron chi connectivity index (χ1n) is 15.4. The van der Waals surface area contributed by atoms with Crippen molar-refractivity contribution >= 4 is 8.80 Å². The van der Waals surface area contributed by atoms with Gasteiger partial charge in [-0.15, -0.1) is 0 Å². The second kappa shape index (κ2) is 24.4. The Balaban J connectivity index is 3.65. The quantitative estimate of drug-likeness (QED) is 0.0490. The van der Waals surface area contributed by atoms with E-state index in [9.17, 15) is 0 Å². The van der Waals surface area contributed by atoms with Crippen LogP contribution in [0.15, 0.2) is 0 Å². The average Bonchev–Trinajstić information content (AvgIpc) is 2.81. The molecule has 35 heavy (non-hydrogen) atoms. The molecule has 0 aromatic heterocycles. The highest BCUT2D eigenvalue weighted by molar-refractivity contribution is 6.60. The van der Waals surface area contributed by atoms with Gasteiger partial charge in [0.05, 0.1) is 20.6 Å². The summed E-state index contributed by atoms with van der Waals surface area (Å²) < 4.78 is 18.8. The van der Waals surface area contributed by atoms with Crippen molar-refractivity contribution in [1.29, 1.82) is 0 Å². The van der Waals surface area contributed by atoms with Crippen LogP contribution in [-0.4, -0.2) is 60.4 Å². The van der Waals surface area contributed by atoms with E-state index in [0.29, 0.717) is 19.8 Å². The SMILES string of the molecule is CCCCCCCCCCCCCCCCCCN[N+](C)(C)CCC[Si](OCC)(OCC)OCC. The molecule has 6 heteroatoms. The molecule has 0 aliphatic carbocycles. The Morgan fingerprint density at radius 2 is 0.886 bits per heavy atom. The summed E-state index contributed by atoms with van der Waals surface area (Å²) in [7, 11) is 2.01. The van der Waals surface area contributed by atoms with Gasteiger partial charge in [-0.1, -0.05) is 103 Å². The summed E-state index contributed by atoms with van der Waals surface area (Å²) >= 11 is 0. The van der Waals surface area contributed by atoms with Crippen LogP contribution in [0.5, 0.6) is 0 Å². The fourth-order valence-electron chi connectivity index (χ4n) is 4.83. The first-order valence-corrected chi connectivity index (χ1v) is 17.4. The van der Waals surface area contributed by atoms with Crippen LogP contribution in [0.2, 0.25) is 6.04 Å². The minimum atomic E-state index is -2.51. The second-order valence-corrected chi connectivity index (χ2v) is 13.4. The number of nitrogens with zero attached hydrogens (tertiary/aromatic N) is 1. The molecule has 0 atom stereocenters. The molecular weight excluding hydrogens is 452 g/mol. The minimum Gasteiger partial charge on any atom is -0.374 e. The number of unbranched alkanes of at least 4 members (excludes halogenated alkanes) is 15. The van der Waals surface area contributed by atoms with Crippen molar-refractivity contribution in [3.63, 3.8) is 0 Å². The molecule has 0 radical (unpaired) electrons. The highest BCUT2D eigenvalue weighted by Gasteiger charge is 2.40. The lowest BCUT2D eigenvalue weighted by Gasteiger charge is -2.32. The zero-order chi connectivity index (χ0) is 26.1. The molecule has 0 aliphatic rings. The molecule has 0 heterocycles. The molecule has 0 amide bonds. The van der Waals surface area contributed by atoms with Crippen molar-refractivity contribution in [3.05, 3.63) is 0 Å². The number of quaternary nitrogens is 1. The summed E-state index contributed by atoms with van der Waals surface area (Å²) in [6.07, 6.45) is 23.8. The van der Waals surface area contributed by atoms with E-state index in [1.54, 1.807) is 0 Å². The molecule has 0 saturated carbocycles. The molecule has 0 aromatic carbocycles. The summed E-state index contributed by atoms with van der Waals surface area (Å²) in [6, 6.07) is 0.894. The second-order valence-electron chi connectivity index (χ2n) is 10.7. The molecule has 0 bridgehead atoms. The predicted octanol–water partition coefficient (Wildman–Crippen LogP) is 8.27. The third kappa shape index (κ3) is 21.8. The number of rotatable bonds is 28. The van der Waals surface area contributed by atoms with Gasteiger partial charge in [0.15, 0.2) is 0 Å². The Morgan fingerprint density at radius 3 is 1.26 bits per heavy atom. The van der Waals surface area contributed by atoms with E-state index in [2.05, 4.69) is 26.4 Å². The van der Waals surface area contributed by atoms with Gasteiger partial charge >= 0.3 is 8.80 Å². The summed E-state index contributed by atoms with van der Waals surface area (Å²) in [6.45, 7) is 12.5. The lowest BCUT2D eigenvalue weighted by molar-refractivity contribution is -0.934. The van der Waals surface area contributed by atoms with Gasteiger partial charge in [0.1, 0.15) is 0 Å². The molecule has 0 spiro atoms. The van der Waals surface area contributed by atoms with E-state index in [1.807, 2.05) is 20.8 Å². The van der Waals surface area contributed by atoms with E-state index in [-0.39, 0.29) is 0 Å². The molecular formula is C29H65N2O3Si+. The van der Waals surface area contributed by atoms with Gasteiger partial charge in [-0.25, -0.2) is 0 Å². The Hall–Kier alpha value is 0.0169. The largest absolute Gasteiger partial charge is 0.501 e. The van der Waals surface area contributed by atoms with Crippen molar-refractivity contribution in [2.45, 2.75) is 143 Å². The van der Waals surface area contributed by atoms with Crippen LogP contribution < -0.4 is 5.43 Å². The molecule has 0 rings (SSSR count). The lowest BCUT2D eigenvalue weighted by atomic mass is 10.0. The Labute approximate surface area is 222 Å². The monoisotopic (exact) mass is 517 g/mol. The van der Waals surface area contributed by atoms with Crippen LogP contribution in [0.25, 0.3) is 0 Å². The molecule has 0 aliphatic heterocycles. The number of hydrogen-bond acceptors (Lipinski definition) is 4. The van der Waals surface area contributed by atoms with Crippen molar-refractivity contribution in [2.24, 2.45) is 0 Å². The molecule has 1 N–H and O–H groups in total. The average molecular weight is 518 g/mol. The smallest absolute Gasteiger partial charge is 0.374 e. The first-order chi connectivity index (χ1) is 16.9. The normalized spacial score (nSPS) is 12.5. The van der Waals surface area contributed by atoms with Crippen molar-refractivity contribution in [3.8, 4) is 0 Å². The van der Waals surface area contributed by atoms with Crippen LogP contribution in [-0.2, 0) is 13.3 Å². The molecule has 0 unspecified atom stereocenters. The maximum atomic E-state index is 5.99. The van der Waals surface area contributed by atoms with Gasteiger partial charge in [0.25, 0.3) is 0 Å². The summed E-state index contributed by atoms with van der Waals surface area (Å²) in [4.78, 5) is 0. The summed E-state index contributed by atoms with van der Waals surface area (Å²) in [5.41, 5.74) is 3.72. The zero-order valence-electron chi connectivity index (χ0n) is 24.9. The van der Waals surface area contributed by atoms with Crippen LogP contribution in [0, 0.1) is 0 Å². The molecule has 5 nitrogen and oxygen atoms in total. The van der Waals surface area contributed by atoms with Gasteiger partial charge in [0, 0.05) is 38.8 Å². The summed E-state index contributed by atoms with van der Waals surface area (Å²) in [5, 5.41) is 0. The topological polar surface area (TPSA) is 39.7 Å². The van der Waals surface area contributed by atoms with Crippen LogP contribution in [0.3, 0.4) is 0 Å². The highest BCUT2D eigenvalue weighted by atomic mass is 28.4. The number of hydrogen-bond donors (Lipinski definition) is 1. The maximum Gasteiger partial charge on any atom is 0.501 e. The zero-order valence-corrected chi connectivity index (χ0v) is 25.9. The maximum absolute atomic E-state index is 5.99. The van der Waals surface area contributed by atoms with E-state index in [0.717, 1.165) is 30.1 Å². The minimum absolute atomic E-state index is 0.655. The van der Waals surface area contributed by atoms with Gasteiger partial charge < -0.3 is 13.3 Å². The fraction of sp³-hybridized carbons (Fsp3) is 1.00. The predicted molar refractivity (Wildman–Crippen MR) is 155 cm³/mol. The van der Waals surface area contributed by atoms with Crippen LogP contribution in [0.4, 0.5) is 0 Å². The standard InChI is InChI=1S/C29H65N2O3Si/c1-7-11-12-13-14-15-16-17-18-19-20-21-22-23-24-25-27-30-31(5,6)28-26-29-35(32-8-2,33-9-3)34-10-4/h30H,7-29H2,1-6H3/q+1. The fourth-order valence-corrected chi connectivity index (χ4v) is 7.42. The van der Waals surface area contributed by atoms with Crippen LogP contribution in [0.1, 0.15) is 137 Å². The molecule has 212 valence electrons. The van der Waals surface area contributed by atoms with Gasteiger partial charge in [0.2, 0.25) is 0 Å². The third-order valence-electron chi connectivity index (χ3n) is 6.86. The van der Waals surface area contributed by atoms with E-state index >= 15 is 0 Å². The Bertz CT molecular complexity index is 421. The number of nitrogens with one attached hydrogen (secondary N) is 1. The highest BCUT2D eigenvalue weighted by Crippen LogP contribution is 2.19. The molecule has 0 aromatic rings. The van der Waals surface area contributed by atoms with Crippen molar-refractivity contribution in [2.75, 3.05) is 47.0 Å². The van der Waals surface area contributed by atoms with Crippen molar-refractivity contribution < 1.29 is 17.9 Å². The molecule has 0 saturated heterocycles. The Morgan fingerprint density at radius 1 is 0.514 bits per heavy atom. The van der Waals surface area contributed by atoms with E-state index in [4.69, 9.17) is 13.3 Å². The summed E-state index contributed by atoms with van der Waals surface area (Å²) in [5.74, 6) is 0.